The Labute approximate surface area is 125 Å². The van der Waals surface area contributed by atoms with Gasteiger partial charge < -0.3 is 14.3 Å². The van der Waals surface area contributed by atoms with E-state index in [2.05, 4.69) is 4.72 Å². The molecule has 7 heteroatoms. The van der Waals surface area contributed by atoms with E-state index in [-0.39, 0.29) is 17.6 Å². The SMILES string of the molecule is Cc1oc(C)c(S(=O)(=O)NCCC2CCCCO2)c1CO. The van der Waals surface area contributed by atoms with Gasteiger partial charge in [-0.25, -0.2) is 13.1 Å². The molecule has 0 bridgehead atoms. The van der Waals surface area contributed by atoms with Gasteiger partial charge in [0.15, 0.2) is 0 Å². The highest BCUT2D eigenvalue weighted by atomic mass is 32.2. The van der Waals surface area contributed by atoms with Gasteiger partial charge in [0.25, 0.3) is 0 Å². The molecule has 1 fully saturated rings. The molecule has 2 N–H and O–H groups in total. The molecule has 1 saturated heterocycles. The van der Waals surface area contributed by atoms with Crippen molar-refractivity contribution in [2.45, 2.75) is 57.1 Å². The van der Waals surface area contributed by atoms with Crippen LogP contribution in [0.15, 0.2) is 9.31 Å². The van der Waals surface area contributed by atoms with E-state index in [1.807, 2.05) is 0 Å². The summed E-state index contributed by atoms with van der Waals surface area (Å²) in [7, 11) is -3.67. The minimum absolute atomic E-state index is 0.0621. The van der Waals surface area contributed by atoms with Gasteiger partial charge in [0.2, 0.25) is 10.0 Å². The standard InChI is InChI=1S/C14H23NO5S/c1-10-13(9-16)14(11(2)20-10)21(17,18)15-7-6-12-5-3-4-8-19-12/h12,15-16H,3-9H2,1-2H3. The van der Waals surface area contributed by atoms with Gasteiger partial charge in [-0.1, -0.05) is 0 Å². The number of aliphatic hydroxyl groups excluding tert-OH is 1. The molecular weight excluding hydrogens is 294 g/mol. The van der Waals surface area contributed by atoms with Crippen molar-refractivity contribution in [3.05, 3.63) is 17.1 Å². The summed E-state index contributed by atoms with van der Waals surface area (Å²) in [6.07, 6.45) is 3.98. The third-order valence-electron chi connectivity index (χ3n) is 3.78. The summed E-state index contributed by atoms with van der Waals surface area (Å²) in [6.45, 7) is 3.96. The fourth-order valence-electron chi connectivity index (χ4n) is 2.71. The van der Waals surface area contributed by atoms with Crippen LogP contribution in [0.25, 0.3) is 0 Å². The van der Waals surface area contributed by atoms with Crippen molar-refractivity contribution in [1.29, 1.82) is 0 Å². The number of ether oxygens (including phenoxy) is 1. The Morgan fingerprint density at radius 2 is 2.05 bits per heavy atom. The number of furan rings is 1. The predicted octanol–water partition coefficient (Wildman–Crippen LogP) is 1.63. The Bertz CT molecular complexity index is 572. The highest BCUT2D eigenvalue weighted by Crippen LogP contribution is 2.26. The minimum atomic E-state index is -3.67. The van der Waals surface area contributed by atoms with E-state index in [4.69, 9.17) is 9.15 Å². The molecule has 1 aliphatic rings. The van der Waals surface area contributed by atoms with Gasteiger partial charge >= 0.3 is 0 Å². The van der Waals surface area contributed by atoms with Gasteiger partial charge in [-0.05, 0) is 39.5 Å². The van der Waals surface area contributed by atoms with Crippen LogP contribution in [0.1, 0.15) is 42.8 Å². The second-order valence-corrected chi connectivity index (χ2v) is 7.06. The van der Waals surface area contributed by atoms with Crippen molar-refractivity contribution in [2.75, 3.05) is 13.2 Å². The van der Waals surface area contributed by atoms with Crippen molar-refractivity contribution in [3.8, 4) is 0 Å². The number of hydrogen-bond acceptors (Lipinski definition) is 5. The highest BCUT2D eigenvalue weighted by Gasteiger charge is 2.26. The normalized spacial score (nSPS) is 19.9. The van der Waals surface area contributed by atoms with E-state index in [0.717, 1.165) is 25.9 Å². The summed E-state index contributed by atoms with van der Waals surface area (Å²) < 4.78 is 38.2. The summed E-state index contributed by atoms with van der Waals surface area (Å²) >= 11 is 0. The van der Waals surface area contributed by atoms with Crippen LogP contribution in [-0.2, 0) is 21.4 Å². The van der Waals surface area contributed by atoms with E-state index >= 15 is 0 Å². The summed E-state index contributed by atoms with van der Waals surface area (Å²) in [6, 6.07) is 0. The number of aliphatic hydroxyl groups is 1. The summed E-state index contributed by atoms with van der Waals surface area (Å²) in [5, 5.41) is 9.33. The zero-order valence-corrected chi connectivity index (χ0v) is 13.3. The molecule has 0 spiro atoms. The van der Waals surface area contributed by atoms with Crippen molar-refractivity contribution >= 4 is 10.0 Å². The molecular formula is C14H23NO5S. The Hall–Kier alpha value is -0.890. The summed E-state index contributed by atoms with van der Waals surface area (Å²) in [5.41, 5.74) is 0.328. The third-order valence-corrected chi connectivity index (χ3v) is 5.44. The fraction of sp³-hybridized carbons (Fsp3) is 0.714. The molecule has 120 valence electrons. The first kappa shape index (κ1) is 16.5. The van der Waals surface area contributed by atoms with Crippen LogP contribution in [0.2, 0.25) is 0 Å². The Balaban J connectivity index is 2.01. The van der Waals surface area contributed by atoms with Gasteiger partial charge in [0, 0.05) is 18.7 Å². The lowest BCUT2D eigenvalue weighted by Crippen LogP contribution is -2.30. The van der Waals surface area contributed by atoms with Crippen LogP contribution >= 0.6 is 0 Å². The first-order valence-corrected chi connectivity index (χ1v) is 8.75. The summed E-state index contributed by atoms with van der Waals surface area (Å²) in [5.74, 6) is 0.740. The van der Waals surface area contributed by atoms with Crippen LogP contribution in [0, 0.1) is 13.8 Å². The van der Waals surface area contributed by atoms with Crippen LogP contribution in [0.3, 0.4) is 0 Å². The van der Waals surface area contributed by atoms with Crippen LogP contribution < -0.4 is 4.72 Å². The number of rotatable bonds is 6. The molecule has 2 rings (SSSR count). The van der Waals surface area contributed by atoms with Gasteiger partial charge in [0.1, 0.15) is 16.4 Å². The zero-order valence-electron chi connectivity index (χ0n) is 12.5. The highest BCUT2D eigenvalue weighted by molar-refractivity contribution is 7.89. The third kappa shape index (κ3) is 3.85. The second kappa shape index (κ2) is 6.91. The van der Waals surface area contributed by atoms with Crippen molar-refractivity contribution in [3.63, 3.8) is 0 Å². The van der Waals surface area contributed by atoms with Crippen LogP contribution in [0.4, 0.5) is 0 Å². The van der Waals surface area contributed by atoms with Gasteiger partial charge in [-0.2, -0.15) is 0 Å². The fourth-order valence-corrected chi connectivity index (χ4v) is 4.19. The lowest BCUT2D eigenvalue weighted by Gasteiger charge is -2.22. The molecule has 0 saturated carbocycles. The summed E-state index contributed by atoms with van der Waals surface area (Å²) in [4.78, 5) is 0.0621. The lowest BCUT2D eigenvalue weighted by molar-refractivity contribution is 0.0123. The number of sulfonamides is 1. The lowest BCUT2D eigenvalue weighted by atomic mass is 10.1. The molecule has 21 heavy (non-hydrogen) atoms. The van der Waals surface area contributed by atoms with Gasteiger partial charge in [-0.15, -0.1) is 0 Å². The maximum absolute atomic E-state index is 12.4. The molecule has 1 aromatic heterocycles. The van der Waals surface area contributed by atoms with Crippen molar-refractivity contribution in [1.82, 2.24) is 4.72 Å². The molecule has 6 nitrogen and oxygen atoms in total. The number of hydrogen-bond donors (Lipinski definition) is 2. The van der Waals surface area contributed by atoms with Gasteiger partial charge in [-0.3, -0.25) is 0 Å². The Morgan fingerprint density at radius 1 is 1.29 bits per heavy atom. The molecule has 0 amide bonds. The average molecular weight is 317 g/mol. The predicted molar refractivity (Wildman–Crippen MR) is 77.5 cm³/mol. The molecule has 2 heterocycles. The van der Waals surface area contributed by atoms with E-state index in [1.54, 1.807) is 13.8 Å². The van der Waals surface area contributed by atoms with E-state index < -0.39 is 10.0 Å². The smallest absolute Gasteiger partial charge is 0.244 e. The maximum atomic E-state index is 12.4. The van der Waals surface area contributed by atoms with Crippen molar-refractivity contribution < 1.29 is 22.7 Å². The largest absolute Gasteiger partial charge is 0.465 e. The molecule has 1 aliphatic heterocycles. The van der Waals surface area contributed by atoms with E-state index in [9.17, 15) is 13.5 Å². The first-order valence-electron chi connectivity index (χ1n) is 7.26. The molecule has 0 aromatic carbocycles. The Kier molecular flexibility index (Phi) is 5.43. The monoisotopic (exact) mass is 317 g/mol. The van der Waals surface area contributed by atoms with Gasteiger partial charge in [0.05, 0.1) is 12.7 Å². The molecule has 0 aliphatic carbocycles. The Morgan fingerprint density at radius 3 is 2.67 bits per heavy atom. The second-order valence-electron chi connectivity index (χ2n) is 5.36. The van der Waals surface area contributed by atoms with Crippen LogP contribution in [-0.4, -0.2) is 32.8 Å². The van der Waals surface area contributed by atoms with E-state index in [0.29, 0.717) is 30.0 Å². The minimum Gasteiger partial charge on any atom is -0.465 e. The average Bonchev–Trinajstić information content (AvgIpc) is 2.74. The van der Waals surface area contributed by atoms with Crippen molar-refractivity contribution in [2.24, 2.45) is 0 Å². The van der Waals surface area contributed by atoms with Crippen LogP contribution in [0.5, 0.6) is 0 Å². The van der Waals surface area contributed by atoms with E-state index in [1.165, 1.54) is 0 Å². The number of nitrogens with one attached hydrogen (secondary N) is 1. The number of aryl methyl sites for hydroxylation is 2. The first-order chi connectivity index (χ1) is 9.95. The molecule has 1 aromatic rings. The zero-order chi connectivity index (χ0) is 15.5. The topological polar surface area (TPSA) is 88.8 Å². The maximum Gasteiger partial charge on any atom is 0.244 e. The molecule has 1 unspecified atom stereocenters. The quantitative estimate of drug-likeness (QED) is 0.832. The molecule has 1 atom stereocenters. The molecule has 0 radical (unpaired) electrons.